The molecule has 22 heavy (non-hydrogen) atoms. The van der Waals surface area contributed by atoms with Gasteiger partial charge < -0.3 is 9.47 Å². The zero-order chi connectivity index (χ0) is 16.3. The number of hydrogen-bond donors (Lipinski definition) is 1. The summed E-state index contributed by atoms with van der Waals surface area (Å²) in [6.45, 7) is 4.34. The molecular weight excluding hydrogens is 306 g/mol. The topological polar surface area (TPSA) is 81.7 Å². The van der Waals surface area contributed by atoms with E-state index in [1.807, 2.05) is 24.6 Å². The lowest BCUT2D eigenvalue weighted by molar-refractivity contribution is -0.114. The summed E-state index contributed by atoms with van der Waals surface area (Å²) < 4.78 is 35.1. The molecule has 1 aliphatic rings. The molecule has 0 fully saturated rings. The van der Waals surface area contributed by atoms with Gasteiger partial charge >= 0.3 is 0 Å². The fourth-order valence-electron chi connectivity index (χ4n) is 2.25. The van der Waals surface area contributed by atoms with Crippen molar-refractivity contribution < 1.29 is 22.7 Å². The van der Waals surface area contributed by atoms with Crippen molar-refractivity contribution in [2.45, 2.75) is 26.4 Å². The van der Waals surface area contributed by atoms with E-state index in [2.05, 4.69) is 0 Å². The molecule has 0 aliphatic carbocycles. The summed E-state index contributed by atoms with van der Waals surface area (Å²) in [5.74, 6) is 0.696. The number of amides is 1. The number of nitrogens with one attached hydrogen (secondary N) is 1. The van der Waals surface area contributed by atoms with Crippen molar-refractivity contribution >= 4 is 22.0 Å². The molecular formula is C15H19NO5S. The number of carbonyl (C=O) groups excluding carboxylic acids is 1. The van der Waals surface area contributed by atoms with E-state index in [0.29, 0.717) is 17.9 Å². The maximum Gasteiger partial charge on any atom is 0.257 e. The van der Waals surface area contributed by atoms with Gasteiger partial charge in [-0.2, -0.15) is 0 Å². The monoisotopic (exact) mass is 325 g/mol. The molecule has 0 radical (unpaired) electrons. The SMILES string of the molecule is CCOc1cc2c(cc1/C=C/C(=O)NS(C)(=O)=O)O[C@H](C)C2. The normalized spacial score (nSPS) is 17.1. The third-order valence-corrected chi connectivity index (χ3v) is 3.60. The fourth-order valence-corrected chi connectivity index (χ4v) is 2.68. The number of ether oxygens (including phenoxy) is 2. The second kappa shape index (κ2) is 6.39. The van der Waals surface area contributed by atoms with Crippen LogP contribution in [0.3, 0.4) is 0 Å². The summed E-state index contributed by atoms with van der Waals surface area (Å²) >= 11 is 0. The van der Waals surface area contributed by atoms with E-state index in [1.165, 1.54) is 6.08 Å². The highest BCUT2D eigenvalue weighted by molar-refractivity contribution is 7.89. The van der Waals surface area contributed by atoms with Crippen LogP contribution in [0, 0.1) is 0 Å². The van der Waals surface area contributed by atoms with Crippen LogP contribution in [0.15, 0.2) is 18.2 Å². The van der Waals surface area contributed by atoms with Gasteiger partial charge in [-0.15, -0.1) is 0 Å². The smallest absolute Gasteiger partial charge is 0.257 e. The molecule has 0 unspecified atom stereocenters. The first-order valence-corrected chi connectivity index (χ1v) is 8.84. The van der Waals surface area contributed by atoms with Crippen LogP contribution in [-0.4, -0.2) is 33.3 Å². The van der Waals surface area contributed by atoms with Crippen molar-refractivity contribution in [3.8, 4) is 11.5 Å². The zero-order valence-corrected chi connectivity index (χ0v) is 13.6. The molecule has 1 aliphatic heterocycles. The van der Waals surface area contributed by atoms with Crippen LogP contribution in [0.4, 0.5) is 0 Å². The number of hydrogen-bond acceptors (Lipinski definition) is 5. The van der Waals surface area contributed by atoms with Gasteiger partial charge in [-0.3, -0.25) is 4.79 Å². The van der Waals surface area contributed by atoms with E-state index in [4.69, 9.17) is 9.47 Å². The Labute approximate surface area is 130 Å². The summed E-state index contributed by atoms with van der Waals surface area (Å²) in [5.41, 5.74) is 1.73. The summed E-state index contributed by atoms with van der Waals surface area (Å²) in [4.78, 5) is 11.5. The van der Waals surface area contributed by atoms with Crippen molar-refractivity contribution in [2.24, 2.45) is 0 Å². The molecule has 0 spiro atoms. The molecule has 0 saturated heterocycles. The van der Waals surface area contributed by atoms with Gasteiger partial charge in [0.1, 0.15) is 17.6 Å². The van der Waals surface area contributed by atoms with E-state index >= 15 is 0 Å². The minimum Gasteiger partial charge on any atom is -0.493 e. The maximum absolute atomic E-state index is 11.5. The lowest BCUT2D eigenvalue weighted by Gasteiger charge is -2.10. The predicted octanol–water partition coefficient (Wildman–Crippen LogP) is 1.50. The molecule has 1 amide bonds. The van der Waals surface area contributed by atoms with Crippen molar-refractivity contribution in [2.75, 3.05) is 12.9 Å². The largest absolute Gasteiger partial charge is 0.493 e. The minimum absolute atomic E-state index is 0.109. The minimum atomic E-state index is -3.57. The second-order valence-electron chi connectivity index (χ2n) is 5.14. The standard InChI is InChI=1S/C15H19NO5S/c1-4-20-13-9-12-7-10(2)21-14(12)8-11(13)5-6-15(17)16-22(3,18)19/h5-6,8-10H,4,7H2,1-3H3,(H,16,17)/b6-5+/t10-/m1/s1. The fraction of sp³-hybridized carbons (Fsp3) is 0.400. The summed E-state index contributed by atoms with van der Waals surface area (Å²) in [5, 5.41) is 0. The van der Waals surface area contributed by atoms with Crippen LogP contribution in [0.5, 0.6) is 11.5 Å². The number of benzene rings is 1. The van der Waals surface area contributed by atoms with Gasteiger partial charge in [0.2, 0.25) is 10.0 Å². The van der Waals surface area contributed by atoms with Crippen LogP contribution in [0.1, 0.15) is 25.0 Å². The van der Waals surface area contributed by atoms with E-state index in [-0.39, 0.29) is 6.10 Å². The molecule has 0 bridgehead atoms. The number of fused-ring (bicyclic) bond motifs is 1. The van der Waals surface area contributed by atoms with Gasteiger partial charge in [0.05, 0.1) is 12.9 Å². The molecule has 0 aromatic heterocycles. The Morgan fingerprint density at radius 3 is 2.86 bits per heavy atom. The van der Waals surface area contributed by atoms with Crippen LogP contribution in [0.25, 0.3) is 6.08 Å². The van der Waals surface area contributed by atoms with Gasteiger partial charge in [0.25, 0.3) is 5.91 Å². The van der Waals surface area contributed by atoms with Gasteiger partial charge in [0, 0.05) is 23.6 Å². The summed E-state index contributed by atoms with van der Waals surface area (Å²) in [6, 6.07) is 3.70. The van der Waals surface area contributed by atoms with E-state index in [1.54, 1.807) is 6.07 Å². The molecule has 1 N–H and O–H groups in total. The Balaban J connectivity index is 2.26. The summed E-state index contributed by atoms with van der Waals surface area (Å²) in [7, 11) is -3.57. The van der Waals surface area contributed by atoms with Crippen LogP contribution < -0.4 is 14.2 Å². The Morgan fingerprint density at radius 2 is 2.23 bits per heavy atom. The van der Waals surface area contributed by atoms with Crippen molar-refractivity contribution in [3.63, 3.8) is 0 Å². The van der Waals surface area contributed by atoms with Gasteiger partial charge in [-0.25, -0.2) is 13.1 Å². The van der Waals surface area contributed by atoms with Crippen molar-refractivity contribution in [3.05, 3.63) is 29.3 Å². The third kappa shape index (κ3) is 4.24. The van der Waals surface area contributed by atoms with Crippen LogP contribution in [-0.2, 0) is 21.2 Å². The number of rotatable bonds is 5. The lowest BCUT2D eigenvalue weighted by atomic mass is 10.1. The number of sulfonamides is 1. The first-order chi connectivity index (χ1) is 10.3. The Bertz CT molecular complexity index is 709. The second-order valence-corrected chi connectivity index (χ2v) is 6.88. The van der Waals surface area contributed by atoms with E-state index in [9.17, 15) is 13.2 Å². The average molecular weight is 325 g/mol. The first kappa shape index (κ1) is 16.4. The predicted molar refractivity (Wildman–Crippen MR) is 83.4 cm³/mol. The van der Waals surface area contributed by atoms with E-state index < -0.39 is 15.9 Å². The van der Waals surface area contributed by atoms with Crippen molar-refractivity contribution in [1.82, 2.24) is 4.72 Å². The molecule has 0 saturated carbocycles. The molecule has 1 aromatic carbocycles. The third-order valence-electron chi connectivity index (χ3n) is 3.03. The highest BCUT2D eigenvalue weighted by atomic mass is 32.2. The van der Waals surface area contributed by atoms with Crippen molar-refractivity contribution in [1.29, 1.82) is 0 Å². The molecule has 1 aromatic rings. The first-order valence-electron chi connectivity index (χ1n) is 6.94. The highest BCUT2D eigenvalue weighted by Crippen LogP contribution is 2.35. The van der Waals surface area contributed by atoms with Crippen LogP contribution >= 0.6 is 0 Å². The average Bonchev–Trinajstić information content (AvgIpc) is 2.73. The lowest BCUT2D eigenvalue weighted by Crippen LogP contribution is -2.27. The highest BCUT2D eigenvalue weighted by Gasteiger charge is 2.21. The van der Waals surface area contributed by atoms with Gasteiger partial charge in [0.15, 0.2) is 0 Å². The van der Waals surface area contributed by atoms with Crippen LogP contribution in [0.2, 0.25) is 0 Å². The Kier molecular flexibility index (Phi) is 4.75. The molecule has 2 rings (SSSR count). The summed E-state index contributed by atoms with van der Waals surface area (Å²) in [6.07, 6.45) is 4.52. The molecule has 120 valence electrons. The maximum atomic E-state index is 11.5. The molecule has 6 nitrogen and oxygen atoms in total. The molecule has 1 atom stereocenters. The Morgan fingerprint density at radius 1 is 1.50 bits per heavy atom. The molecule has 1 heterocycles. The van der Waals surface area contributed by atoms with Gasteiger partial charge in [-0.05, 0) is 32.1 Å². The Hall–Kier alpha value is -2.02. The number of carbonyl (C=O) groups is 1. The zero-order valence-electron chi connectivity index (χ0n) is 12.8. The molecule has 7 heteroatoms. The van der Waals surface area contributed by atoms with E-state index in [0.717, 1.165) is 30.1 Å². The van der Waals surface area contributed by atoms with Gasteiger partial charge in [-0.1, -0.05) is 0 Å². The quantitative estimate of drug-likeness (QED) is 0.830.